The number of aromatic nitrogens is 1. The van der Waals surface area contributed by atoms with Crippen molar-refractivity contribution in [3.63, 3.8) is 0 Å². The molecule has 9 heteroatoms. The van der Waals surface area contributed by atoms with Gasteiger partial charge in [-0.1, -0.05) is 29.9 Å². The molecule has 0 aliphatic carbocycles. The molecular formula is C19H19N3O6. The molecule has 1 aliphatic heterocycles. The third kappa shape index (κ3) is 2.67. The first kappa shape index (κ1) is 19.3. The number of rotatable bonds is 6. The number of amides is 1. The summed E-state index contributed by atoms with van der Waals surface area (Å²) in [7, 11) is 1.57. The number of nitro groups is 1. The molecule has 3 rings (SSSR count). The van der Waals surface area contributed by atoms with Crippen molar-refractivity contribution in [1.29, 1.82) is 0 Å². The normalized spacial score (nSPS) is 18.1. The van der Waals surface area contributed by atoms with Crippen LogP contribution in [0.5, 0.6) is 0 Å². The van der Waals surface area contributed by atoms with E-state index in [0.717, 1.165) is 0 Å². The molecule has 0 bridgehead atoms. The van der Waals surface area contributed by atoms with Gasteiger partial charge in [-0.25, -0.2) is 4.79 Å². The van der Waals surface area contributed by atoms with Gasteiger partial charge in [0.1, 0.15) is 5.41 Å². The molecule has 1 aliphatic rings. The topological polar surface area (TPSA) is 116 Å². The number of para-hydroxylation sites is 1. The zero-order valence-corrected chi connectivity index (χ0v) is 15.7. The van der Waals surface area contributed by atoms with Gasteiger partial charge in [-0.2, -0.15) is 0 Å². The second kappa shape index (κ2) is 6.91. The summed E-state index contributed by atoms with van der Waals surface area (Å²) >= 11 is 0. The standard InChI is InChI=1S/C19H19N3O6/c1-5-27-17(23)11(2)19(10-15-16(22(25)26)12(3)20-28-15)13-8-6-7-9-14(13)21(4)18(19)24/h6-9H,2,5,10H2,1,3-4H3. The van der Waals surface area contributed by atoms with Gasteiger partial charge in [0.15, 0.2) is 5.69 Å². The molecule has 28 heavy (non-hydrogen) atoms. The maximum absolute atomic E-state index is 13.4. The van der Waals surface area contributed by atoms with Crippen molar-refractivity contribution in [3.05, 3.63) is 63.5 Å². The molecule has 1 aromatic carbocycles. The van der Waals surface area contributed by atoms with Crippen LogP contribution in [0.4, 0.5) is 11.4 Å². The van der Waals surface area contributed by atoms with E-state index in [1.807, 2.05) is 0 Å². The molecule has 2 aromatic rings. The number of carbonyl (C=O) groups is 2. The van der Waals surface area contributed by atoms with Crippen molar-refractivity contribution in [1.82, 2.24) is 5.16 Å². The van der Waals surface area contributed by atoms with Crippen molar-refractivity contribution in [3.8, 4) is 0 Å². The molecule has 0 N–H and O–H groups in total. The molecule has 1 atom stereocenters. The highest BCUT2D eigenvalue weighted by Crippen LogP contribution is 2.48. The van der Waals surface area contributed by atoms with Gasteiger partial charge in [-0.15, -0.1) is 0 Å². The third-order valence-corrected chi connectivity index (χ3v) is 4.94. The highest BCUT2D eigenvalue weighted by molar-refractivity contribution is 6.15. The highest BCUT2D eigenvalue weighted by Gasteiger charge is 2.55. The number of nitrogens with zero attached hydrogens (tertiary/aromatic N) is 3. The van der Waals surface area contributed by atoms with Crippen LogP contribution < -0.4 is 4.90 Å². The molecule has 0 saturated carbocycles. The fraction of sp³-hybridized carbons (Fsp3) is 0.316. The second-order valence-corrected chi connectivity index (χ2v) is 6.46. The minimum atomic E-state index is -1.59. The van der Waals surface area contributed by atoms with Crippen molar-refractivity contribution < 1.29 is 23.8 Å². The molecule has 1 unspecified atom stereocenters. The van der Waals surface area contributed by atoms with Crippen LogP contribution in [-0.2, 0) is 26.2 Å². The zero-order valence-electron chi connectivity index (χ0n) is 15.7. The average Bonchev–Trinajstić information content (AvgIpc) is 3.13. The fourth-order valence-corrected chi connectivity index (χ4v) is 3.60. The number of anilines is 1. The second-order valence-electron chi connectivity index (χ2n) is 6.46. The first-order valence-electron chi connectivity index (χ1n) is 8.59. The predicted molar refractivity (Wildman–Crippen MR) is 98.9 cm³/mol. The number of carbonyl (C=O) groups excluding carboxylic acids is 2. The number of esters is 1. The Morgan fingerprint density at radius 1 is 1.43 bits per heavy atom. The molecular weight excluding hydrogens is 366 g/mol. The van der Waals surface area contributed by atoms with E-state index in [1.54, 1.807) is 38.2 Å². The van der Waals surface area contributed by atoms with E-state index in [4.69, 9.17) is 9.26 Å². The van der Waals surface area contributed by atoms with Crippen LogP contribution in [0.15, 0.2) is 40.9 Å². The molecule has 2 heterocycles. The number of aryl methyl sites for hydroxylation is 1. The molecule has 146 valence electrons. The Hall–Kier alpha value is -3.49. The number of ether oxygens (including phenoxy) is 1. The van der Waals surface area contributed by atoms with E-state index in [-0.39, 0.29) is 35.7 Å². The van der Waals surface area contributed by atoms with Crippen LogP contribution in [0.3, 0.4) is 0 Å². The Bertz CT molecular complexity index is 995. The van der Waals surface area contributed by atoms with E-state index in [9.17, 15) is 19.7 Å². The Morgan fingerprint density at radius 2 is 2.11 bits per heavy atom. The lowest BCUT2D eigenvalue weighted by atomic mass is 9.72. The summed E-state index contributed by atoms with van der Waals surface area (Å²) in [5.74, 6) is -1.30. The van der Waals surface area contributed by atoms with Gasteiger partial charge in [0.25, 0.3) is 0 Å². The minimum absolute atomic E-state index is 0.0870. The maximum atomic E-state index is 13.4. The van der Waals surface area contributed by atoms with Gasteiger partial charge in [0.05, 0.1) is 17.1 Å². The molecule has 0 radical (unpaired) electrons. The number of likely N-dealkylation sites (N-methyl/N-ethyl adjacent to an activating group) is 1. The van der Waals surface area contributed by atoms with Crippen molar-refractivity contribution >= 4 is 23.3 Å². The van der Waals surface area contributed by atoms with Gasteiger partial charge in [0.2, 0.25) is 11.7 Å². The largest absolute Gasteiger partial charge is 0.463 e. The Kier molecular flexibility index (Phi) is 4.76. The summed E-state index contributed by atoms with van der Waals surface area (Å²) in [6.07, 6.45) is -0.276. The van der Waals surface area contributed by atoms with E-state index >= 15 is 0 Å². The number of hydrogen-bond acceptors (Lipinski definition) is 7. The number of fused-ring (bicyclic) bond motifs is 1. The first-order valence-corrected chi connectivity index (χ1v) is 8.59. The van der Waals surface area contributed by atoms with Crippen molar-refractivity contribution in [2.24, 2.45) is 0 Å². The quantitative estimate of drug-likeness (QED) is 0.324. The van der Waals surface area contributed by atoms with Gasteiger partial charge in [-0.3, -0.25) is 14.9 Å². The Morgan fingerprint density at radius 3 is 2.75 bits per heavy atom. The smallest absolute Gasteiger partial charge is 0.334 e. The van der Waals surface area contributed by atoms with Crippen LogP contribution in [-0.4, -0.2) is 35.6 Å². The molecule has 0 spiro atoms. The molecule has 0 saturated heterocycles. The fourth-order valence-electron chi connectivity index (χ4n) is 3.60. The van der Waals surface area contributed by atoms with Crippen LogP contribution in [0, 0.1) is 17.0 Å². The Balaban J connectivity index is 2.23. The van der Waals surface area contributed by atoms with Crippen LogP contribution in [0.2, 0.25) is 0 Å². The van der Waals surface area contributed by atoms with Crippen LogP contribution >= 0.6 is 0 Å². The maximum Gasteiger partial charge on any atom is 0.334 e. The first-order chi connectivity index (χ1) is 13.3. The van der Waals surface area contributed by atoms with E-state index in [1.165, 1.54) is 11.8 Å². The Labute approximate surface area is 160 Å². The van der Waals surface area contributed by atoms with Gasteiger partial charge in [0, 0.05) is 19.2 Å². The summed E-state index contributed by atoms with van der Waals surface area (Å²) in [4.78, 5) is 38.2. The van der Waals surface area contributed by atoms with Gasteiger partial charge >= 0.3 is 11.7 Å². The van der Waals surface area contributed by atoms with E-state index in [0.29, 0.717) is 11.3 Å². The SMILES string of the molecule is C=C(C(=O)OCC)C1(Cc2onc(C)c2[N+](=O)[O-])C(=O)N(C)c2ccccc21. The van der Waals surface area contributed by atoms with Crippen LogP contribution in [0.1, 0.15) is 23.9 Å². The van der Waals surface area contributed by atoms with Gasteiger partial charge < -0.3 is 14.2 Å². The van der Waals surface area contributed by atoms with Crippen molar-refractivity contribution in [2.75, 3.05) is 18.6 Å². The highest BCUT2D eigenvalue weighted by atomic mass is 16.6. The minimum Gasteiger partial charge on any atom is -0.463 e. The molecule has 1 aromatic heterocycles. The lowest BCUT2D eigenvalue weighted by molar-refractivity contribution is -0.386. The predicted octanol–water partition coefficient (Wildman–Crippen LogP) is 2.47. The summed E-state index contributed by atoms with van der Waals surface area (Å²) in [6, 6.07) is 6.90. The summed E-state index contributed by atoms with van der Waals surface area (Å²) in [5.41, 5.74) is -0.853. The summed E-state index contributed by atoms with van der Waals surface area (Å²) in [5, 5.41) is 15.1. The van der Waals surface area contributed by atoms with Crippen LogP contribution in [0.25, 0.3) is 0 Å². The number of benzene rings is 1. The monoisotopic (exact) mass is 385 g/mol. The van der Waals surface area contributed by atoms with E-state index < -0.39 is 22.2 Å². The third-order valence-electron chi connectivity index (χ3n) is 4.94. The molecule has 0 fully saturated rings. The number of hydrogen-bond donors (Lipinski definition) is 0. The lowest BCUT2D eigenvalue weighted by Crippen LogP contribution is -2.44. The van der Waals surface area contributed by atoms with Crippen molar-refractivity contribution in [2.45, 2.75) is 25.7 Å². The van der Waals surface area contributed by atoms with Gasteiger partial charge in [-0.05, 0) is 25.5 Å². The summed E-state index contributed by atoms with van der Waals surface area (Å²) in [6.45, 7) is 7.01. The lowest BCUT2D eigenvalue weighted by Gasteiger charge is -2.28. The van der Waals surface area contributed by atoms with E-state index in [2.05, 4.69) is 11.7 Å². The zero-order chi connectivity index (χ0) is 20.6. The average molecular weight is 385 g/mol. The molecule has 9 nitrogen and oxygen atoms in total. The molecule has 1 amide bonds. The summed E-state index contributed by atoms with van der Waals surface area (Å²) < 4.78 is 10.2.